The van der Waals surface area contributed by atoms with Gasteiger partial charge in [-0.05, 0) is 58.9 Å². The van der Waals surface area contributed by atoms with Crippen molar-refractivity contribution in [1.82, 2.24) is 10.2 Å². The Balaban J connectivity index is 2.17. The first-order chi connectivity index (χ1) is 9.49. The molecule has 2 rings (SSSR count). The lowest BCUT2D eigenvalue weighted by molar-refractivity contribution is -0.151. The number of hydrogen-bond donors (Lipinski definition) is 1. The number of nitrogens with zero attached hydrogens (tertiary/aromatic N) is 1. The Morgan fingerprint density at radius 3 is 2.55 bits per heavy atom. The summed E-state index contributed by atoms with van der Waals surface area (Å²) in [6.45, 7) is 8.40. The maximum Gasteiger partial charge on any atom is 0.327 e. The molecule has 0 aromatic heterocycles. The SMILES string of the molecule is COC(=O)C(CN1CCCCC1C)(NC(C)C)C1CC1. The molecule has 2 aliphatic rings. The van der Waals surface area contributed by atoms with Crippen LogP contribution in [-0.4, -0.2) is 48.7 Å². The van der Waals surface area contributed by atoms with Crippen LogP contribution >= 0.6 is 0 Å². The molecule has 0 aromatic rings. The van der Waals surface area contributed by atoms with E-state index in [9.17, 15) is 4.79 Å². The van der Waals surface area contributed by atoms with E-state index in [2.05, 4.69) is 31.0 Å². The second kappa shape index (κ2) is 6.44. The predicted octanol–water partition coefficient (Wildman–Crippen LogP) is 2.18. The monoisotopic (exact) mass is 282 g/mol. The molecular formula is C16H30N2O2. The highest BCUT2D eigenvalue weighted by Gasteiger charge is 2.53. The molecule has 116 valence electrons. The molecule has 4 nitrogen and oxygen atoms in total. The number of carbonyl (C=O) groups excluding carboxylic acids is 1. The van der Waals surface area contributed by atoms with Gasteiger partial charge in [-0.25, -0.2) is 4.79 Å². The van der Waals surface area contributed by atoms with Gasteiger partial charge >= 0.3 is 5.97 Å². The van der Waals surface area contributed by atoms with E-state index in [4.69, 9.17) is 4.74 Å². The third-order valence-electron chi connectivity index (χ3n) is 4.76. The standard InChI is InChI=1S/C16H30N2O2/c1-12(2)17-16(14-8-9-14,15(19)20-4)11-18-10-6-5-7-13(18)3/h12-14,17H,5-11H2,1-4H3. The average Bonchev–Trinajstić information content (AvgIpc) is 3.23. The fourth-order valence-corrected chi connectivity index (χ4v) is 3.57. The van der Waals surface area contributed by atoms with Crippen LogP contribution in [-0.2, 0) is 9.53 Å². The van der Waals surface area contributed by atoms with Gasteiger partial charge < -0.3 is 4.74 Å². The number of likely N-dealkylation sites (tertiary alicyclic amines) is 1. The van der Waals surface area contributed by atoms with Gasteiger partial charge in [-0.3, -0.25) is 10.2 Å². The maximum atomic E-state index is 12.5. The molecule has 0 amide bonds. The fraction of sp³-hybridized carbons (Fsp3) is 0.938. The minimum atomic E-state index is -0.505. The summed E-state index contributed by atoms with van der Waals surface area (Å²) in [5.41, 5.74) is -0.505. The Bertz CT molecular complexity index is 341. The summed E-state index contributed by atoms with van der Waals surface area (Å²) in [5.74, 6) is 0.359. The Hall–Kier alpha value is -0.610. The van der Waals surface area contributed by atoms with E-state index in [0.717, 1.165) is 25.9 Å². The number of piperidine rings is 1. The second-order valence-corrected chi connectivity index (χ2v) is 6.85. The first kappa shape index (κ1) is 15.8. The third-order valence-corrected chi connectivity index (χ3v) is 4.76. The van der Waals surface area contributed by atoms with Gasteiger partial charge in [0.1, 0.15) is 5.54 Å². The van der Waals surface area contributed by atoms with Crippen LogP contribution in [0.2, 0.25) is 0 Å². The zero-order chi connectivity index (χ0) is 14.8. The van der Waals surface area contributed by atoms with Crippen molar-refractivity contribution in [2.75, 3.05) is 20.2 Å². The molecular weight excluding hydrogens is 252 g/mol. The van der Waals surface area contributed by atoms with Crippen molar-refractivity contribution in [1.29, 1.82) is 0 Å². The Morgan fingerprint density at radius 1 is 1.35 bits per heavy atom. The molecule has 1 aliphatic heterocycles. The van der Waals surface area contributed by atoms with Crippen LogP contribution in [0.15, 0.2) is 0 Å². The molecule has 2 unspecified atom stereocenters. The predicted molar refractivity (Wildman–Crippen MR) is 80.6 cm³/mol. The highest BCUT2D eigenvalue weighted by molar-refractivity contribution is 5.82. The summed E-state index contributed by atoms with van der Waals surface area (Å²) in [6, 6.07) is 0.857. The van der Waals surface area contributed by atoms with Crippen molar-refractivity contribution in [3.63, 3.8) is 0 Å². The molecule has 0 bridgehead atoms. The van der Waals surface area contributed by atoms with Crippen LogP contribution < -0.4 is 5.32 Å². The number of hydrogen-bond acceptors (Lipinski definition) is 4. The van der Waals surface area contributed by atoms with Crippen LogP contribution in [0.25, 0.3) is 0 Å². The molecule has 2 atom stereocenters. The zero-order valence-corrected chi connectivity index (χ0v) is 13.4. The molecule has 1 saturated carbocycles. The number of carbonyl (C=O) groups is 1. The number of ether oxygens (including phenoxy) is 1. The van der Waals surface area contributed by atoms with Gasteiger partial charge in [0.15, 0.2) is 0 Å². The molecule has 0 aromatic carbocycles. The van der Waals surface area contributed by atoms with Crippen molar-refractivity contribution >= 4 is 5.97 Å². The summed E-state index contributed by atoms with van der Waals surface area (Å²) >= 11 is 0. The Kier molecular flexibility index (Phi) is 5.08. The van der Waals surface area contributed by atoms with Crippen LogP contribution in [0.3, 0.4) is 0 Å². The molecule has 0 radical (unpaired) electrons. The van der Waals surface area contributed by atoms with Crippen molar-refractivity contribution < 1.29 is 9.53 Å². The maximum absolute atomic E-state index is 12.5. The summed E-state index contributed by atoms with van der Waals surface area (Å²) in [4.78, 5) is 15.0. The smallest absolute Gasteiger partial charge is 0.327 e. The number of esters is 1. The largest absolute Gasteiger partial charge is 0.468 e. The van der Waals surface area contributed by atoms with Gasteiger partial charge in [0.05, 0.1) is 7.11 Å². The van der Waals surface area contributed by atoms with E-state index >= 15 is 0 Å². The van der Waals surface area contributed by atoms with Gasteiger partial charge in [-0.1, -0.05) is 6.42 Å². The number of rotatable bonds is 6. The van der Waals surface area contributed by atoms with Crippen molar-refractivity contribution in [3.8, 4) is 0 Å². The Labute approximate surface area is 123 Å². The molecule has 0 spiro atoms. The topological polar surface area (TPSA) is 41.6 Å². The Morgan fingerprint density at radius 2 is 2.05 bits per heavy atom. The molecule has 1 aliphatic carbocycles. The lowest BCUT2D eigenvalue weighted by Crippen LogP contribution is -2.64. The molecule has 2 fully saturated rings. The van der Waals surface area contributed by atoms with Gasteiger partial charge in [0.2, 0.25) is 0 Å². The minimum Gasteiger partial charge on any atom is -0.468 e. The first-order valence-electron chi connectivity index (χ1n) is 8.09. The third kappa shape index (κ3) is 3.34. The number of nitrogens with one attached hydrogen (secondary N) is 1. The first-order valence-corrected chi connectivity index (χ1v) is 8.09. The van der Waals surface area contributed by atoms with Crippen LogP contribution in [0.1, 0.15) is 52.9 Å². The normalized spacial score (nSPS) is 27.4. The summed E-state index contributed by atoms with van der Waals surface area (Å²) in [7, 11) is 1.51. The summed E-state index contributed by atoms with van der Waals surface area (Å²) in [5, 5.41) is 3.56. The molecule has 1 saturated heterocycles. The van der Waals surface area contributed by atoms with Gasteiger partial charge in [0.25, 0.3) is 0 Å². The molecule has 4 heteroatoms. The van der Waals surface area contributed by atoms with E-state index < -0.39 is 5.54 Å². The zero-order valence-electron chi connectivity index (χ0n) is 13.4. The molecule has 20 heavy (non-hydrogen) atoms. The highest BCUT2D eigenvalue weighted by atomic mass is 16.5. The van der Waals surface area contributed by atoms with Gasteiger partial charge in [-0.15, -0.1) is 0 Å². The number of methoxy groups -OCH3 is 1. The summed E-state index contributed by atoms with van der Waals surface area (Å²) < 4.78 is 5.17. The van der Waals surface area contributed by atoms with E-state index in [1.165, 1.54) is 26.4 Å². The van der Waals surface area contributed by atoms with E-state index in [0.29, 0.717) is 12.0 Å². The molecule has 1 heterocycles. The van der Waals surface area contributed by atoms with E-state index in [-0.39, 0.29) is 12.0 Å². The van der Waals surface area contributed by atoms with Gasteiger partial charge in [0, 0.05) is 18.6 Å². The quantitative estimate of drug-likeness (QED) is 0.758. The van der Waals surface area contributed by atoms with Gasteiger partial charge in [-0.2, -0.15) is 0 Å². The summed E-state index contributed by atoms with van der Waals surface area (Å²) in [6.07, 6.45) is 6.07. The van der Waals surface area contributed by atoms with Crippen LogP contribution in [0, 0.1) is 5.92 Å². The lowest BCUT2D eigenvalue weighted by Gasteiger charge is -2.42. The van der Waals surface area contributed by atoms with Crippen molar-refractivity contribution in [2.45, 2.75) is 70.5 Å². The highest BCUT2D eigenvalue weighted by Crippen LogP contribution is 2.42. The van der Waals surface area contributed by atoms with Crippen LogP contribution in [0.5, 0.6) is 0 Å². The second-order valence-electron chi connectivity index (χ2n) is 6.85. The fourth-order valence-electron chi connectivity index (χ4n) is 3.57. The van der Waals surface area contributed by atoms with E-state index in [1.54, 1.807) is 0 Å². The van der Waals surface area contributed by atoms with Crippen LogP contribution in [0.4, 0.5) is 0 Å². The van der Waals surface area contributed by atoms with E-state index in [1.807, 2.05) is 0 Å². The molecule has 1 N–H and O–H groups in total. The minimum absolute atomic E-state index is 0.0773. The van der Waals surface area contributed by atoms with Crippen molar-refractivity contribution in [2.24, 2.45) is 5.92 Å². The lowest BCUT2D eigenvalue weighted by atomic mass is 9.89. The average molecular weight is 282 g/mol. The van der Waals surface area contributed by atoms with Crippen molar-refractivity contribution in [3.05, 3.63) is 0 Å².